The Labute approximate surface area is 286 Å². The fraction of sp³-hybridized carbons (Fsp3) is 0.769. The zero-order valence-electron chi connectivity index (χ0n) is 25.9. The molecular weight excluding hydrogens is 963 g/mol. The molecule has 1 heterocycles. The number of rotatable bonds is 8. The SMILES string of the molecule is CCCCN=[C-]c1ccc([C-]=NCCCC)s1.CP(C)C.CP(C)C.CP(C)C.CP(C)C.[Pd+][I].[Pd+][I]. The van der Waals surface area contributed by atoms with Gasteiger partial charge in [0.25, 0.3) is 0 Å². The van der Waals surface area contributed by atoms with E-state index >= 15 is 0 Å². The average Bonchev–Trinajstić information content (AvgIpc) is 3.23. The first-order valence-electron chi connectivity index (χ1n) is 11.9. The second-order valence-corrected chi connectivity index (χ2v) is 21.0. The van der Waals surface area contributed by atoms with Crippen LogP contribution < -0.4 is 0 Å². The van der Waals surface area contributed by atoms with Crippen LogP contribution >= 0.6 is 82.1 Å². The zero-order chi connectivity index (χ0) is 30.7. The molecule has 0 saturated heterocycles. The van der Waals surface area contributed by atoms with Crippen LogP contribution in [0.2, 0.25) is 0 Å². The van der Waals surface area contributed by atoms with Crippen LogP contribution in [0.3, 0.4) is 0 Å². The van der Waals surface area contributed by atoms with Crippen LogP contribution in [0, 0.1) is 0 Å². The van der Waals surface area contributed by atoms with Crippen molar-refractivity contribution in [1.29, 1.82) is 0 Å². The Morgan fingerprint density at radius 1 is 0.595 bits per heavy atom. The first kappa shape index (κ1) is 53.1. The molecule has 2 nitrogen and oxygen atoms in total. The third kappa shape index (κ3) is 92.5. The van der Waals surface area contributed by atoms with Crippen LogP contribution in [-0.4, -0.2) is 105 Å². The predicted molar refractivity (Wildman–Crippen MR) is 204 cm³/mol. The van der Waals surface area contributed by atoms with E-state index < -0.39 is 0 Å². The van der Waals surface area contributed by atoms with Crippen molar-refractivity contribution in [1.82, 2.24) is 0 Å². The van der Waals surface area contributed by atoms with Crippen molar-refractivity contribution < 1.29 is 31.2 Å². The summed E-state index contributed by atoms with van der Waals surface area (Å²) in [4.78, 5) is 10.6. The molecule has 0 aliphatic rings. The van der Waals surface area contributed by atoms with Crippen LogP contribution in [-0.2, 0) is 31.2 Å². The molecule has 0 aromatic carbocycles. The molecule has 0 amide bonds. The van der Waals surface area contributed by atoms with Crippen molar-refractivity contribution >= 4 is 94.5 Å². The summed E-state index contributed by atoms with van der Waals surface area (Å²) in [6.45, 7) is 32.9. The van der Waals surface area contributed by atoms with Gasteiger partial charge in [-0.3, -0.25) is 12.1 Å². The number of halogens is 2. The summed E-state index contributed by atoms with van der Waals surface area (Å²) in [5.74, 6) is 0. The molecule has 0 bridgehead atoms. The van der Waals surface area contributed by atoms with Crippen molar-refractivity contribution in [3.8, 4) is 0 Å². The van der Waals surface area contributed by atoms with Gasteiger partial charge in [0.05, 0.1) is 0 Å². The molecular formula is C26H56I2N2P4Pd2S. The van der Waals surface area contributed by atoms with E-state index in [0.29, 0.717) is 31.7 Å². The topological polar surface area (TPSA) is 24.7 Å². The fourth-order valence-corrected chi connectivity index (χ4v) is 1.93. The van der Waals surface area contributed by atoms with Gasteiger partial charge in [-0.2, -0.15) is 0 Å². The van der Waals surface area contributed by atoms with Crippen molar-refractivity contribution in [2.75, 3.05) is 93.1 Å². The molecule has 0 fully saturated rings. The summed E-state index contributed by atoms with van der Waals surface area (Å²) in [5.41, 5.74) is 0. The molecule has 0 N–H and O–H groups in total. The van der Waals surface area contributed by atoms with Crippen LogP contribution in [0.5, 0.6) is 0 Å². The van der Waals surface area contributed by atoms with Gasteiger partial charge in [-0.15, -0.1) is 53.9 Å². The van der Waals surface area contributed by atoms with Gasteiger partial charge in [0.15, 0.2) is 0 Å². The number of unbranched alkanes of at least 4 members (excludes halogenated alkanes) is 2. The summed E-state index contributed by atoms with van der Waals surface area (Å²) >= 11 is 11.1. The summed E-state index contributed by atoms with van der Waals surface area (Å²) < 4.78 is 0. The fourth-order valence-electron chi connectivity index (χ4n) is 1.20. The van der Waals surface area contributed by atoms with E-state index in [0.717, 1.165) is 35.7 Å². The maximum absolute atomic E-state index is 4.26. The van der Waals surface area contributed by atoms with E-state index in [2.05, 4.69) is 147 Å². The summed E-state index contributed by atoms with van der Waals surface area (Å²) in [6.07, 6.45) is 10.8. The minimum absolute atomic E-state index is 0.380. The Balaban J connectivity index is -0.0000000985. The number of aliphatic imine (C=N–C) groups is 2. The normalized spacial score (nSPS) is 9.73. The Bertz CT molecular complexity index is 483. The number of hydrogen-bond donors (Lipinski definition) is 0. The van der Waals surface area contributed by atoms with Gasteiger partial charge in [0.1, 0.15) is 0 Å². The van der Waals surface area contributed by atoms with E-state index in [4.69, 9.17) is 0 Å². The zero-order valence-corrected chi connectivity index (χ0v) is 37.7. The van der Waals surface area contributed by atoms with E-state index in [9.17, 15) is 0 Å². The van der Waals surface area contributed by atoms with Gasteiger partial charge >= 0.3 is 70.2 Å². The Morgan fingerprint density at radius 2 is 0.811 bits per heavy atom. The van der Waals surface area contributed by atoms with Gasteiger partial charge in [-0.25, -0.2) is 11.3 Å². The molecule has 0 unspecified atom stereocenters. The Kier molecular flexibility index (Phi) is 70.7. The number of nitrogens with zero attached hydrogens (tertiary/aromatic N) is 2. The van der Waals surface area contributed by atoms with Gasteiger partial charge in [-0.1, -0.05) is 26.7 Å². The minimum atomic E-state index is 0.380. The molecule has 0 spiro atoms. The van der Waals surface area contributed by atoms with E-state index in [1.807, 2.05) is 51.2 Å². The molecule has 11 heteroatoms. The molecule has 0 aliphatic carbocycles. The summed E-state index contributed by atoms with van der Waals surface area (Å²) in [7, 11) is 1.52. The van der Waals surface area contributed by atoms with Crippen molar-refractivity contribution in [2.45, 2.75) is 39.5 Å². The number of hydrogen-bond acceptors (Lipinski definition) is 3. The van der Waals surface area contributed by atoms with Gasteiger partial charge in [0, 0.05) is 13.1 Å². The van der Waals surface area contributed by atoms with Gasteiger partial charge < -0.3 is 9.98 Å². The molecule has 1 aromatic rings. The molecule has 230 valence electrons. The van der Waals surface area contributed by atoms with Crippen LogP contribution in [0.15, 0.2) is 22.1 Å². The Hall–Kier alpha value is 3.54. The Morgan fingerprint density at radius 3 is 1.00 bits per heavy atom. The first-order valence-corrected chi connectivity index (χ1v) is 32.7. The average molecular weight is 1020 g/mol. The quantitative estimate of drug-likeness (QED) is 0.0619. The van der Waals surface area contributed by atoms with Crippen LogP contribution in [0.25, 0.3) is 0 Å². The van der Waals surface area contributed by atoms with E-state index in [1.165, 1.54) is 12.8 Å². The molecule has 1 aromatic heterocycles. The molecule has 0 saturated carbocycles. The summed E-state index contributed by atoms with van der Waals surface area (Å²) in [6, 6.07) is 4.05. The second-order valence-electron chi connectivity index (χ2n) is 9.22. The molecule has 1 rings (SSSR count). The monoisotopic (exact) mass is 1020 g/mol. The molecule has 0 aliphatic heterocycles. The second kappa shape index (κ2) is 49.2. The van der Waals surface area contributed by atoms with E-state index in [1.54, 1.807) is 11.3 Å². The standard InChI is InChI=1S/C14H20N2S.4C3H9P.2HI.2Pd/c1-3-5-9-15-11-13-7-8-14(17-13)12-16-10-6-4-2;4*1-4(2)3;;;;/h7-8H,3-6,9-10H2,1-2H3;4*1-3H3;2*1H;;/q-2;;;;;;;2*+2/p-2. The first-order chi connectivity index (χ1) is 17.3. The van der Waals surface area contributed by atoms with Gasteiger partial charge in [-0.05, 0) is 92.8 Å². The van der Waals surface area contributed by atoms with Crippen molar-refractivity contribution in [2.24, 2.45) is 9.98 Å². The van der Waals surface area contributed by atoms with Gasteiger partial charge in [0.2, 0.25) is 0 Å². The van der Waals surface area contributed by atoms with Crippen LogP contribution in [0.1, 0.15) is 49.3 Å². The van der Waals surface area contributed by atoms with Crippen molar-refractivity contribution in [3.63, 3.8) is 0 Å². The third-order valence-corrected chi connectivity index (χ3v) is 3.13. The van der Waals surface area contributed by atoms with Crippen LogP contribution in [0.4, 0.5) is 0 Å². The van der Waals surface area contributed by atoms with E-state index in [-0.39, 0.29) is 0 Å². The molecule has 0 radical (unpaired) electrons. The van der Waals surface area contributed by atoms with Crippen molar-refractivity contribution in [3.05, 3.63) is 21.9 Å². The predicted octanol–water partition coefficient (Wildman–Crippen LogP) is 11.1. The third-order valence-electron chi connectivity index (χ3n) is 2.23. The maximum atomic E-state index is 4.26. The number of thiophene rings is 1. The molecule has 37 heavy (non-hydrogen) atoms. The molecule has 0 atom stereocenters. The summed E-state index contributed by atoms with van der Waals surface area (Å²) in [5, 5.41) is 0.